The van der Waals surface area contributed by atoms with Crippen LogP contribution in [-0.2, 0) is 10.0 Å². The Morgan fingerprint density at radius 3 is 2.59 bits per heavy atom. The molecule has 0 aromatic carbocycles. The van der Waals surface area contributed by atoms with E-state index in [1.807, 2.05) is 12.4 Å². The summed E-state index contributed by atoms with van der Waals surface area (Å²) in [7, 11) is -3.04. The minimum Gasteiger partial charge on any atom is -0.309 e. The molecule has 1 aromatic heterocycles. The van der Waals surface area contributed by atoms with Crippen LogP contribution in [0.15, 0.2) is 18.5 Å². The Morgan fingerprint density at radius 1 is 1.32 bits per heavy atom. The van der Waals surface area contributed by atoms with Crippen LogP contribution >= 0.6 is 0 Å². The number of pyridine rings is 1. The number of rotatable bonds is 6. The molecule has 124 valence electrons. The Bertz CT molecular complexity index is 583. The van der Waals surface area contributed by atoms with Gasteiger partial charge in [0, 0.05) is 57.7 Å². The van der Waals surface area contributed by atoms with Gasteiger partial charge in [-0.05, 0) is 31.0 Å². The fourth-order valence-electron chi connectivity index (χ4n) is 2.80. The molecule has 2 heterocycles. The molecule has 1 aliphatic heterocycles. The number of sulfonamides is 1. The highest BCUT2D eigenvalue weighted by molar-refractivity contribution is 7.88. The van der Waals surface area contributed by atoms with E-state index in [4.69, 9.17) is 0 Å². The lowest BCUT2D eigenvalue weighted by Gasteiger charge is -2.33. The smallest absolute Gasteiger partial charge is 0.211 e. The summed E-state index contributed by atoms with van der Waals surface area (Å²) in [6, 6.07) is 2.35. The van der Waals surface area contributed by atoms with Gasteiger partial charge < -0.3 is 5.32 Å². The molecule has 1 aromatic rings. The fraction of sp³-hybridized carbons (Fsp3) is 0.667. The second-order valence-electron chi connectivity index (χ2n) is 5.91. The first-order valence-electron chi connectivity index (χ1n) is 7.69. The van der Waals surface area contributed by atoms with Gasteiger partial charge in [-0.15, -0.1) is 0 Å². The molecular weight excluding hydrogens is 300 g/mol. The molecule has 1 N–H and O–H groups in total. The van der Waals surface area contributed by atoms with Crippen molar-refractivity contribution in [3.05, 3.63) is 29.6 Å². The molecule has 0 radical (unpaired) electrons. The van der Waals surface area contributed by atoms with Crippen molar-refractivity contribution in [2.45, 2.75) is 19.9 Å². The lowest BCUT2D eigenvalue weighted by Crippen LogP contribution is -2.49. The molecule has 1 saturated heterocycles. The van der Waals surface area contributed by atoms with Gasteiger partial charge in [0.05, 0.1) is 6.26 Å². The van der Waals surface area contributed by atoms with Crippen LogP contribution in [-0.4, -0.2) is 68.1 Å². The van der Waals surface area contributed by atoms with Gasteiger partial charge in [-0.3, -0.25) is 9.88 Å². The first-order chi connectivity index (χ1) is 10.4. The van der Waals surface area contributed by atoms with E-state index < -0.39 is 10.0 Å². The Hall–Kier alpha value is -1.02. The average molecular weight is 326 g/mol. The van der Waals surface area contributed by atoms with Gasteiger partial charge in [0.15, 0.2) is 0 Å². The summed E-state index contributed by atoms with van der Waals surface area (Å²) >= 11 is 0. The topological polar surface area (TPSA) is 65.5 Å². The van der Waals surface area contributed by atoms with Crippen molar-refractivity contribution < 1.29 is 8.42 Å². The van der Waals surface area contributed by atoms with E-state index in [0.29, 0.717) is 19.1 Å². The monoisotopic (exact) mass is 326 g/mol. The van der Waals surface area contributed by atoms with Crippen molar-refractivity contribution in [3.63, 3.8) is 0 Å². The second-order valence-corrected chi connectivity index (χ2v) is 7.89. The normalized spacial score (nSPS) is 19.2. The van der Waals surface area contributed by atoms with Crippen LogP contribution in [0.4, 0.5) is 0 Å². The van der Waals surface area contributed by atoms with Crippen LogP contribution < -0.4 is 5.32 Å². The zero-order chi connectivity index (χ0) is 16.2. The standard InChI is InChI=1S/C15H26N4O2S/c1-13-12-16-5-4-15(13)14(2)17-6-7-18-8-10-19(11-9-18)22(3,20)21/h4-5,12,14,17H,6-11H2,1-3H3. The minimum atomic E-state index is -3.04. The molecule has 1 aliphatic rings. The van der Waals surface area contributed by atoms with Gasteiger partial charge in [-0.1, -0.05) is 0 Å². The summed E-state index contributed by atoms with van der Waals surface area (Å²) in [5.74, 6) is 0. The lowest BCUT2D eigenvalue weighted by atomic mass is 10.1. The highest BCUT2D eigenvalue weighted by Gasteiger charge is 2.22. The van der Waals surface area contributed by atoms with Crippen LogP contribution in [0.5, 0.6) is 0 Å². The first-order valence-corrected chi connectivity index (χ1v) is 9.54. The van der Waals surface area contributed by atoms with Crippen molar-refractivity contribution in [2.24, 2.45) is 0 Å². The lowest BCUT2D eigenvalue weighted by molar-refractivity contribution is 0.188. The number of nitrogens with zero attached hydrogens (tertiary/aromatic N) is 3. The molecule has 0 amide bonds. The van der Waals surface area contributed by atoms with E-state index in [2.05, 4.69) is 35.1 Å². The molecule has 0 saturated carbocycles. The third-order valence-corrected chi connectivity index (χ3v) is 5.51. The molecule has 7 heteroatoms. The maximum absolute atomic E-state index is 11.5. The summed E-state index contributed by atoms with van der Waals surface area (Å²) in [5.41, 5.74) is 2.47. The van der Waals surface area contributed by atoms with E-state index in [9.17, 15) is 8.42 Å². The Kier molecular flexibility index (Phi) is 5.91. The summed E-state index contributed by atoms with van der Waals surface area (Å²) < 4.78 is 24.5. The van der Waals surface area contributed by atoms with Crippen molar-refractivity contribution in [2.75, 3.05) is 45.5 Å². The highest BCUT2D eigenvalue weighted by Crippen LogP contribution is 2.15. The summed E-state index contributed by atoms with van der Waals surface area (Å²) in [6.45, 7) is 8.85. The van der Waals surface area contributed by atoms with E-state index in [0.717, 1.165) is 26.2 Å². The molecule has 22 heavy (non-hydrogen) atoms. The molecular formula is C15H26N4O2S. The molecule has 0 aliphatic carbocycles. The highest BCUT2D eigenvalue weighted by atomic mass is 32.2. The molecule has 1 unspecified atom stereocenters. The Labute approximate surface area is 133 Å². The van der Waals surface area contributed by atoms with Gasteiger partial charge in [-0.25, -0.2) is 8.42 Å². The predicted molar refractivity (Wildman–Crippen MR) is 88.2 cm³/mol. The first kappa shape index (κ1) is 17.3. The van der Waals surface area contributed by atoms with E-state index >= 15 is 0 Å². The number of nitrogens with one attached hydrogen (secondary N) is 1. The number of hydrogen-bond acceptors (Lipinski definition) is 5. The molecule has 2 rings (SSSR count). The van der Waals surface area contributed by atoms with Gasteiger partial charge >= 0.3 is 0 Å². The molecule has 1 fully saturated rings. The van der Waals surface area contributed by atoms with Crippen molar-refractivity contribution in [1.82, 2.24) is 19.5 Å². The van der Waals surface area contributed by atoms with E-state index in [1.54, 1.807) is 4.31 Å². The quantitative estimate of drug-likeness (QED) is 0.830. The van der Waals surface area contributed by atoms with Gasteiger partial charge in [0.1, 0.15) is 0 Å². The number of aromatic nitrogens is 1. The predicted octanol–water partition coefficient (Wildman–Crippen LogP) is 0.618. The van der Waals surface area contributed by atoms with Crippen molar-refractivity contribution in [3.8, 4) is 0 Å². The van der Waals surface area contributed by atoms with E-state index in [-0.39, 0.29) is 0 Å². The van der Waals surface area contributed by atoms with Crippen molar-refractivity contribution in [1.29, 1.82) is 0 Å². The second kappa shape index (κ2) is 7.50. The van der Waals surface area contributed by atoms with Crippen LogP contribution in [0.25, 0.3) is 0 Å². The Morgan fingerprint density at radius 2 is 2.00 bits per heavy atom. The fourth-order valence-corrected chi connectivity index (χ4v) is 3.63. The average Bonchev–Trinajstić information content (AvgIpc) is 2.47. The van der Waals surface area contributed by atoms with E-state index in [1.165, 1.54) is 17.4 Å². The number of piperazine rings is 1. The number of hydrogen-bond donors (Lipinski definition) is 1. The minimum absolute atomic E-state index is 0.292. The number of aryl methyl sites for hydroxylation is 1. The molecule has 1 atom stereocenters. The summed E-state index contributed by atoms with van der Waals surface area (Å²) in [6.07, 6.45) is 4.99. The molecule has 6 nitrogen and oxygen atoms in total. The van der Waals surface area contributed by atoms with Gasteiger partial charge in [0.2, 0.25) is 10.0 Å². The SMILES string of the molecule is Cc1cnccc1C(C)NCCN1CCN(S(C)(=O)=O)CC1. The van der Waals surface area contributed by atoms with Crippen molar-refractivity contribution >= 4 is 10.0 Å². The van der Waals surface area contributed by atoms with Gasteiger partial charge in [0.25, 0.3) is 0 Å². The third kappa shape index (κ3) is 4.74. The zero-order valence-electron chi connectivity index (χ0n) is 13.6. The summed E-state index contributed by atoms with van der Waals surface area (Å²) in [5, 5.41) is 3.53. The Balaban J connectivity index is 1.73. The van der Waals surface area contributed by atoms with Crippen LogP contribution in [0.1, 0.15) is 24.1 Å². The van der Waals surface area contributed by atoms with Crippen LogP contribution in [0.2, 0.25) is 0 Å². The maximum atomic E-state index is 11.5. The maximum Gasteiger partial charge on any atom is 0.211 e. The zero-order valence-corrected chi connectivity index (χ0v) is 14.4. The van der Waals surface area contributed by atoms with Gasteiger partial charge in [-0.2, -0.15) is 4.31 Å². The van der Waals surface area contributed by atoms with Crippen LogP contribution in [0.3, 0.4) is 0 Å². The molecule has 0 spiro atoms. The largest absolute Gasteiger partial charge is 0.309 e. The van der Waals surface area contributed by atoms with Crippen LogP contribution in [0, 0.1) is 6.92 Å². The summed E-state index contributed by atoms with van der Waals surface area (Å²) in [4.78, 5) is 6.42. The molecule has 0 bridgehead atoms. The third-order valence-electron chi connectivity index (χ3n) is 4.21.